The summed E-state index contributed by atoms with van der Waals surface area (Å²) in [7, 11) is 0. The second-order valence-electron chi connectivity index (χ2n) is 6.69. The molecule has 0 atom stereocenters. The molecule has 1 heterocycles. The summed E-state index contributed by atoms with van der Waals surface area (Å²) in [5, 5.41) is 4.50. The highest BCUT2D eigenvalue weighted by Crippen LogP contribution is 2.25. The highest BCUT2D eigenvalue weighted by atomic mass is 15.3. The molecule has 2 aromatic carbocycles. The molecule has 0 saturated carbocycles. The van der Waals surface area contributed by atoms with Crippen LogP contribution in [0.15, 0.2) is 54.7 Å². The zero-order chi connectivity index (χ0) is 16.4. The van der Waals surface area contributed by atoms with Crippen molar-refractivity contribution in [1.29, 1.82) is 0 Å². The molecule has 2 heteroatoms. The van der Waals surface area contributed by atoms with Crippen molar-refractivity contribution in [3.63, 3.8) is 0 Å². The summed E-state index contributed by atoms with van der Waals surface area (Å²) in [6.45, 7) is 8.75. The molecule has 118 valence electrons. The Hall–Kier alpha value is -2.35. The maximum atomic E-state index is 4.50. The number of nitrogens with zero attached hydrogens (tertiary/aromatic N) is 2. The van der Waals surface area contributed by atoms with Crippen LogP contribution in [0.4, 0.5) is 0 Å². The topological polar surface area (TPSA) is 17.8 Å². The van der Waals surface area contributed by atoms with Gasteiger partial charge >= 0.3 is 0 Å². The number of aryl methyl sites for hydroxylation is 2. The lowest BCUT2D eigenvalue weighted by Crippen LogP contribution is -1.97. The van der Waals surface area contributed by atoms with E-state index in [1.54, 1.807) is 0 Å². The summed E-state index contributed by atoms with van der Waals surface area (Å²) in [6.07, 6.45) is 3.14. The fourth-order valence-electron chi connectivity index (χ4n) is 2.93. The van der Waals surface area contributed by atoms with Crippen LogP contribution in [0, 0.1) is 19.8 Å². The smallest absolute Gasteiger partial charge is 0.0651 e. The van der Waals surface area contributed by atoms with E-state index in [4.69, 9.17) is 0 Å². The molecular weight excluding hydrogens is 280 g/mol. The second-order valence-corrected chi connectivity index (χ2v) is 6.69. The van der Waals surface area contributed by atoms with Crippen molar-refractivity contribution >= 4 is 0 Å². The van der Waals surface area contributed by atoms with E-state index in [0.29, 0.717) is 5.92 Å². The van der Waals surface area contributed by atoms with Crippen molar-refractivity contribution in [3.05, 3.63) is 71.5 Å². The summed E-state index contributed by atoms with van der Waals surface area (Å²) in [5.41, 5.74) is 7.44. The van der Waals surface area contributed by atoms with Crippen LogP contribution in [0.2, 0.25) is 0 Å². The third-order valence-electron chi connectivity index (χ3n) is 4.14. The molecule has 0 radical (unpaired) electrons. The predicted octanol–water partition coefficient (Wildman–Crippen LogP) is 5.35. The molecule has 0 N–H and O–H groups in total. The molecule has 3 aromatic rings. The average molecular weight is 304 g/mol. The zero-order valence-corrected chi connectivity index (χ0v) is 14.4. The van der Waals surface area contributed by atoms with Gasteiger partial charge in [0.15, 0.2) is 0 Å². The molecule has 2 nitrogen and oxygen atoms in total. The van der Waals surface area contributed by atoms with E-state index in [9.17, 15) is 0 Å². The van der Waals surface area contributed by atoms with Gasteiger partial charge in [-0.05, 0) is 66.6 Å². The maximum Gasteiger partial charge on any atom is 0.0651 e. The van der Waals surface area contributed by atoms with E-state index < -0.39 is 0 Å². The van der Waals surface area contributed by atoms with Gasteiger partial charge < -0.3 is 0 Å². The third-order valence-corrected chi connectivity index (χ3v) is 4.14. The lowest BCUT2D eigenvalue weighted by Gasteiger charge is -2.11. The number of rotatable bonds is 4. The number of hydrogen-bond acceptors (Lipinski definition) is 1. The second kappa shape index (κ2) is 6.41. The highest BCUT2D eigenvalue weighted by molar-refractivity contribution is 5.67. The van der Waals surface area contributed by atoms with Crippen molar-refractivity contribution in [2.24, 2.45) is 5.92 Å². The van der Waals surface area contributed by atoms with Gasteiger partial charge in [0.1, 0.15) is 0 Å². The van der Waals surface area contributed by atoms with E-state index in [1.165, 1.54) is 22.3 Å². The quantitative estimate of drug-likeness (QED) is 0.635. The first-order valence-electron chi connectivity index (χ1n) is 8.25. The first-order chi connectivity index (χ1) is 11.0. The number of hydrogen-bond donors (Lipinski definition) is 0. The summed E-state index contributed by atoms with van der Waals surface area (Å²) < 4.78 is 1.93. The molecule has 0 aliphatic rings. The molecule has 0 unspecified atom stereocenters. The fraction of sp³-hybridized carbons (Fsp3) is 0.286. The Balaban J connectivity index is 1.94. The molecule has 0 aliphatic heterocycles. The summed E-state index contributed by atoms with van der Waals surface area (Å²) >= 11 is 0. The number of aromatic nitrogens is 2. The molecule has 0 fully saturated rings. The van der Waals surface area contributed by atoms with Crippen LogP contribution in [0.25, 0.3) is 16.8 Å². The molecular formula is C21H24N2. The van der Waals surface area contributed by atoms with Gasteiger partial charge in [0.05, 0.1) is 11.4 Å². The zero-order valence-electron chi connectivity index (χ0n) is 14.4. The van der Waals surface area contributed by atoms with Gasteiger partial charge in [-0.1, -0.05) is 44.2 Å². The molecule has 0 spiro atoms. The van der Waals surface area contributed by atoms with Crippen molar-refractivity contribution < 1.29 is 0 Å². The van der Waals surface area contributed by atoms with Gasteiger partial charge in [0.25, 0.3) is 0 Å². The predicted molar refractivity (Wildman–Crippen MR) is 97.0 cm³/mol. The minimum Gasteiger partial charge on any atom is -0.241 e. The van der Waals surface area contributed by atoms with Gasteiger partial charge in [-0.25, -0.2) is 4.68 Å². The Labute approximate surface area is 138 Å². The molecule has 3 rings (SSSR count). The molecule has 0 aliphatic carbocycles. The van der Waals surface area contributed by atoms with E-state index >= 15 is 0 Å². The normalized spacial score (nSPS) is 11.2. The Morgan fingerprint density at radius 1 is 0.957 bits per heavy atom. The first kappa shape index (κ1) is 15.5. The maximum absolute atomic E-state index is 4.50. The molecule has 1 aromatic heterocycles. The average Bonchev–Trinajstić information content (AvgIpc) is 2.96. The van der Waals surface area contributed by atoms with Crippen molar-refractivity contribution in [3.8, 4) is 16.8 Å². The molecule has 0 amide bonds. The van der Waals surface area contributed by atoms with E-state index in [2.05, 4.69) is 68.3 Å². The summed E-state index contributed by atoms with van der Waals surface area (Å²) in [5.74, 6) is 0.686. The van der Waals surface area contributed by atoms with Crippen molar-refractivity contribution in [1.82, 2.24) is 9.78 Å². The molecule has 0 saturated heterocycles. The lowest BCUT2D eigenvalue weighted by atomic mass is 9.95. The van der Waals surface area contributed by atoms with Crippen LogP contribution in [0.5, 0.6) is 0 Å². The van der Waals surface area contributed by atoms with Gasteiger partial charge in [0.2, 0.25) is 0 Å². The summed E-state index contributed by atoms with van der Waals surface area (Å²) in [4.78, 5) is 0. The van der Waals surface area contributed by atoms with Crippen LogP contribution in [-0.4, -0.2) is 9.78 Å². The molecule has 0 bridgehead atoms. The van der Waals surface area contributed by atoms with E-state index in [-0.39, 0.29) is 0 Å². The number of benzene rings is 2. The van der Waals surface area contributed by atoms with E-state index in [0.717, 1.165) is 17.8 Å². The first-order valence-corrected chi connectivity index (χ1v) is 8.25. The van der Waals surface area contributed by atoms with E-state index in [1.807, 2.05) is 23.9 Å². The minimum atomic E-state index is 0.686. The Bertz CT molecular complexity index is 812. The largest absolute Gasteiger partial charge is 0.241 e. The Kier molecular flexibility index (Phi) is 4.33. The standard InChI is InChI=1S/C21H24N2/c1-15(2)12-18-8-9-20(13-16(18)3)19-6-5-7-21(14-19)23-11-10-17(4)22-23/h5-11,13-15H,12H2,1-4H3. The van der Waals surface area contributed by atoms with Crippen LogP contribution in [0.3, 0.4) is 0 Å². The van der Waals surface area contributed by atoms with Crippen LogP contribution in [-0.2, 0) is 6.42 Å². The van der Waals surface area contributed by atoms with Crippen molar-refractivity contribution in [2.75, 3.05) is 0 Å². The fourth-order valence-corrected chi connectivity index (χ4v) is 2.93. The molecule has 23 heavy (non-hydrogen) atoms. The minimum absolute atomic E-state index is 0.686. The van der Waals surface area contributed by atoms with Gasteiger partial charge in [-0.15, -0.1) is 0 Å². The van der Waals surface area contributed by atoms with Crippen molar-refractivity contribution in [2.45, 2.75) is 34.1 Å². The van der Waals surface area contributed by atoms with Gasteiger partial charge in [-0.3, -0.25) is 0 Å². The van der Waals surface area contributed by atoms with Crippen LogP contribution >= 0.6 is 0 Å². The van der Waals surface area contributed by atoms with Crippen LogP contribution < -0.4 is 0 Å². The third kappa shape index (κ3) is 3.53. The van der Waals surface area contributed by atoms with Gasteiger partial charge in [-0.2, -0.15) is 5.10 Å². The SMILES string of the molecule is Cc1ccn(-c2cccc(-c3ccc(CC(C)C)c(C)c3)c2)n1. The lowest BCUT2D eigenvalue weighted by molar-refractivity contribution is 0.645. The highest BCUT2D eigenvalue weighted by Gasteiger charge is 2.06. The Morgan fingerprint density at radius 2 is 1.74 bits per heavy atom. The van der Waals surface area contributed by atoms with Crippen LogP contribution in [0.1, 0.15) is 30.7 Å². The summed E-state index contributed by atoms with van der Waals surface area (Å²) in [6, 6.07) is 17.4. The Morgan fingerprint density at radius 3 is 2.39 bits per heavy atom. The monoisotopic (exact) mass is 304 g/mol. The van der Waals surface area contributed by atoms with Gasteiger partial charge in [0, 0.05) is 6.20 Å².